The number of ether oxygens (including phenoxy) is 1. The van der Waals surface area contributed by atoms with Gasteiger partial charge >= 0.3 is 0 Å². The van der Waals surface area contributed by atoms with Crippen LogP contribution in [0.2, 0.25) is 0 Å². The number of aromatic nitrogens is 2. The van der Waals surface area contributed by atoms with Gasteiger partial charge in [0.15, 0.2) is 0 Å². The van der Waals surface area contributed by atoms with Crippen molar-refractivity contribution in [2.45, 2.75) is 12.8 Å². The summed E-state index contributed by atoms with van der Waals surface area (Å²) in [6, 6.07) is 21.0. The summed E-state index contributed by atoms with van der Waals surface area (Å²) < 4.78 is 6.85. The van der Waals surface area contributed by atoms with E-state index < -0.39 is 11.8 Å². The van der Waals surface area contributed by atoms with Crippen LogP contribution in [0, 0.1) is 35.5 Å². The number of nitriles is 2. The summed E-state index contributed by atoms with van der Waals surface area (Å²) in [6.07, 6.45) is 0. The first-order valence-corrected chi connectivity index (χ1v) is 8.44. The van der Waals surface area contributed by atoms with Crippen LogP contribution in [0.3, 0.4) is 0 Å². The maximum atomic E-state index is 9.56. The van der Waals surface area contributed by atoms with Gasteiger partial charge in [-0.05, 0) is 36.8 Å². The lowest BCUT2D eigenvalue weighted by molar-refractivity contribution is 0.414. The largest absolute Gasteiger partial charge is 0.497 e. The predicted octanol–water partition coefficient (Wildman–Crippen LogP) is 3.57. The first kappa shape index (κ1) is 18.0. The highest BCUT2D eigenvalue weighted by atomic mass is 16.5. The number of nitrogen functional groups attached to an aromatic ring is 1. The number of methoxy groups -OCH3 is 1. The third-order valence-electron chi connectivity index (χ3n) is 4.54. The topological polar surface area (TPSA) is 101 Å². The Morgan fingerprint density at radius 3 is 2.22 bits per heavy atom. The quantitative estimate of drug-likeness (QED) is 0.752. The smallest absolute Gasteiger partial charge is 0.144 e. The van der Waals surface area contributed by atoms with Gasteiger partial charge in [0.25, 0.3) is 0 Å². The fraction of sp³-hybridized carbons (Fsp3) is 0.190. The van der Waals surface area contributed by atoms with Crippen LogP contribution < -0.4 is 10.5 Å². The normalized spacial score (nSPS) is 11.6. The first-order chi connectivity index (χ1) is 13.1. The molecule has 0 aliphatic heterocycles. The highest BCUT2D eigenvalue weighted by Crippen LogP contribution is 2.38. The summed E-state index contributed by atoms with van der Waals surface area (Å²) in [4.78, 5) is 0. The van der Waals surface area contributed by atoms with E-state index in [9.17, 15) is 10.5 Å². The molecule has 0 saturated heterocycles. The van der Waals surface area contributed by atoms with Crippen LogP contribution in [0.1, 0.15) is 22.7 Å². The van der Waals surface area contributed by atoms with E-state index in [1.165, 1.54) is 0 Å². The molecule has 1 atom stereocenters. The molecule has 0 aliphatic carbocycles. The monoisotopic (exact) mass is 357 g/mol. The van der Waals surface area contributed by atoms with Gasteiger partial charge < -0.3 is 10.5 Å². The van der Waals surface area contributed by atoms with Gasteiger partial charge in [-0.25, -0.2) is 4.68 Å². The molecule has 6 nitrogen and oxygen atoms in total. The van der Waals surface area contributed by atoms with Crippen molar-refractivity contribution in [3.63, 3.8) is 0 Å². The minimum atomic E-state index is -0.896. The molecule has 1 heterocycles. The summed E-state index contributed by atoms with van der Waals surface area (Å²) in [6.45, 7) is 1.84. The molecule has 1 unspecified atom stereocenters. The fourth-order valence-corrected chi connectivity index (χ4v) is 3.22. The molecule has 2 N–H and O–H groups in total. The molecule has 6 heteroatoms. The lowest BCUT2D eigenvalue weighted by atomic mass is 9.81. The summed E-state index contributed by atoms with van der Waals surface area (Å²) in [7, 11) is 1.59. The van der Waals surface area contributed by atoms with Gasteiger partial charge in [-0.3, -0.25) is 0 Å². The number of hydrogen-bond donors (Lipinski definition) is 1. The lowest BCUT2D eigenvalue weighted by Crippen LogP contribution is -2.14. The second kappa shape index (κ2) is 7.63. The Morgan fingerprint density at radius 1 is 1.04 bits per heavy atom. The molecular weight excluding hydrogens is 338 g/mol. The zero-order chi connectivity index (χ0) is 19.4. The molecule has 134 valence electrons. The van der Waals surface area contributed by atoms with E-state index in [-0.39, 0.29) is 0 Å². The second-order valence-electron chi connectivity index (χ2n) is 6.12. The van der Waals surface area contributed by atoms with Gasteiger partial charge in [-0.2, -0.15) is 15.6 Å². The predicted molar refractivity (Wildman–Crippen MR) is 102 cm³/mol. The van der Waals surface area contributed by atoms with Crippen LogP contribution in [0.4, 0.5) is 5.82 Å². The lowest BCUT2D eigenvalue weighted by Gasteiger charge is -2.19. The summed E-state index contributed by atoms with van der Waals surface area (Å²) in [5, 5.41) is 23.7. The van der Waals surface area contributed by atoms with Crippen LogP contribution in [-0.2, 0) is 0 Å². The van der Waals surface area contributed by atoms with E-state index in [1.807, 2.05) is 49.4 Å². The van der Waals surface area contributed by atoms with Gasteiger partial charge in [-0.15, -0.1) is 0 Å². The van der Waals surface area contributed by atoms with Crippen molar-refractivity contribution in [2.75, 3.05) is 12.8 Å². The molecule has 1 aromatic heterocycles. The number of benzene rings is 2. The van der Waals surface area contributed by atoms with Crippen molar-refractivity contribution >= 4 is 5.82 Å². The van der Waals surface area contributed by atoms with Gasteiger partial charge in [0, 0.05) is 11.5 Å². The number of hydrogen-bond acceptors (Lipinski definition) is 5. The van der Waals surface area contributed by atoms with Gasteiger partial charge in [-0.1, -0.05) is 30.3 Å². The molecule has 0 saturated carbocycles. The highest BCUT2D eigenvalue weighted by molar-refractivity contribution is 5.55. The number of para-hydroxylation sites is 1. The van der Waals surface area contributed by atoms with Crippen LogP contribution in [-0.4, -0.2) is 16.9 Å². The molecule has 0 aliphatic rings. The number of aryl methyl sites for hydroxylation is 1. The Labute approximate surface area is 158 Å². The Bertz CT molecular complexity index is 996. The molecule has 3 aromatic rings. The molecule has 0 spiro atoms. The number of anilines is 1. The van der Waals surface area contributed by atoms with Crippen molar-refractivity contribution in [1.82, 2.24) is 9.78 Å². The van der Waals surface area contributed by atoms with Gasteiger partial charge in [0.2, 0.25) is 0 Å². The maximum absolute atomic E-state index is 9.56. The van der Waals surface area contributed by atoms with E-state index in [4.69, 9.17) is 10.5 Å². The second-order valence-corrected chi connectivity index (χ2v) is 6.12. The Hall–Kier alpha value is -3.77. The maximum Gasteiger partial charge on any atom is 0.144 e. The molecule has 0 fully saturated rings. The Kier molecular flexibility index (Phi) is 5.10. The van der Waals surface area contributed by atoms with Gasteiger partial charge in [0.05, 0.1) is 30.6 Å². The van der Waals surface area contributed by atoms with E-state index >= 15 is 0 Å². The number of nitrogens with zero attached hydrogens (tertiary/aromatic N) is 4. The first-order valence-electron chi connectivity index (χ1n) is 8.44. The van der Waals surface area contributed by atoms with Crippen LogP contribution >= 0.6 is 0 Å². The molecule has 0 radical (unpaired) electrons. The fourth-order valence-electron chi connectivity index (χ4n) is 3.22. The Balaban J connectivity index is 2.17. The van der Waals surface area contributed by atoms with Crippen molar-refractivity contribution < 1.29 is 4.74 Å². The number of nitrogens with two attached hydrogens (primary N) is 1. The third-order valence-corrected chi connectivity index (χ3v) is 4.54. The minimum absolute atomic E-state index is 0.426. The van der Waals surface area contributed by atoms with Crippen molar-refractivity contribution in [3.05, 3.63) is 71.4 Å². The van der Waals surface area contributed by atoms with E-state index in [2.05, 4.69) is 17.2 Å². The molecule has 0 bridgehead atoms. The summed E-state index contributed by atoms with van der Waals surface area (Å²) in [5.74, 6) is -0.279. The zero-order valence-corrected chi connectivity index (χ0v) is 15.1. The average molecular weight is 357 g/mol. The van der Waals surface area contributed by atoms with Crippen LogP contribution in [0.5, 0.6) is 5.75 Å². The molecule has 2 aromatic carbocycles. The van der Waals surface area contributed by atoms with Crippen molar-refractivity contribution in [2.24, 2.45) is 5.92 Å². The number of rotatable bonds is 5. The van der Waals surface area contributed by atoms with Crippen molar-refractivity contribution in [1.29, 1.82) is 10.5 Å². The Morgan fingerprint density at radius 2 is 1.67 bits per heavy atom. The van der Waals surface area contributed by atoms with E-state index in [1.54, 1.807) is 23.9 Å². The highest BCUT2D eigenvalue weighted by Gasteiger charge is 2.31. The molecular formula is C21H19N5O. The SMILES string of the molecule is COc1ccc(C(c2c(C)nn(-c3ccccc3)c2N)C(C#N)C#N)cc1. The minimum Gasteiger partial charge on any atom is -0.497 e. The summed E-state index contributed by atoms with van der Waals surface area (Å²) >= 11 is 0. The standard InChI is InChI=1S/C21H19N5O/c1-14-19(21(24)26(25-14)17-6-4-3-5-7-17)20(16(12-22)13-23)15-8-10-18(27-2)11-9-15/h3-11,16,20H,24H2,1-2H3. The summed E-state index contributed by atoms with van der Waals surface area (Å²) in [5.41, 5.74) is 9.45. The molecule has 3 rings (SSSR count). The van der Waals surface area contributed by atoms with Gasteiger partial charge in [0.1, 0.15) is 17.5 Å². The average Bonchev–Trinajstić information content (AvgIpc) is 3.01. The molecule has 27 heavy (non-hydrogen) atoms. The van der Waals surface area contributed by atoms with Crippen LogP contribution in [0.15, 0.2) is 54.6 Å². The zero-order valence-electron chi connectivity index (χ0n) is 15.1. The van der Waals surface area contributed by atoms with Crippen molar-refractivity contribution in [3.8, 4) is 23.6 Å². The van der Waals surface area contributed by atoms with E-state index in [0.29, 0.717) is 22.8 Å². The van der Waals surface area contributed by atoms with E-state index in [0.717, 1.165) is 11.3 Å². The molecule has 0 amide bonds. The third kappa shape index (κ3) is 3.33. The van der Waals surface area contributed by atoms with Crippen LogP contribution in [0.25, 0.3) is 5.69 Å².